The summed E-state index contributed by atoms with van der Waals surface area (Å²) in [7, 11) is 1.78. The molecular weight excluding hydrogens is 236 g/mol. The predicted molar refractivity (Wildman–Crippen MR) is 84.7 cm³/mol. The lowest BCUT2D eigenvalue weighted by molar-refractivity contribution is 0.0875. The number of hydrogen-bond donors (Lipinski definition) is 1. The normalized spacial score (nSPS) is 15.5. The number of rotatable bonds is 11. The first kappa shape index (κ1) is 18.9. The second-order valence-corrected chi connectivity index (χ2v) is 6.75. The van der Waals surface area contributed by atoms with Gasteiger partial charge in [-0.05, 0) is 38.1 Å². The molecule has 0 heterocycles. The van der Waals surface area contributed by atoms with E-state index >= 15 is 0 Å². The van der Waals surface area contributed by atoms with Crippen molar-refractivity contribution in [3.63, 3.8) is 0 Å². The van der Waals surface area contributed by atoms with Gasteiger partial charge in [-0.1, -0.05) is 27.7 Å². The summed E-state index contributed by atoms with van der Waals surface area (Å²) in [5.74, 6) is 0.718. The van der Waals surface area contributed by atoms with Crippen LogP contribution in [0.4, 0.5) is 0 Å². The lowest BCUT2D eigenvalue weighted by Crippen LogP contribution is -2.46. The number of nitrogens with one attached hydrogen (secondary N) is 1. The van der Waals surface area contributed by atoms with Crippen molar-refractivity contribution in [1.82, 2.24) is 10.2 Å². The van der Waals surface area contributed by atoms with Gasteiger partial charge in [0, 0.05) is 32.8 Å². The number of nitrogens with zero attached hydrogens (tertiary/aromatic N) is 1. The first-order valence-corrected chi connectivity index (χ1v) is 7.78. The third-order valence-electron chi connectivity index (χ3n) is 3.86. The maximum atomic E-state index is 5.23. The van der Waals surface area contributed by atoms with Gasteiger partial charge < -0.3 is 10.1 Å². The molecule has 1 unspecified atom stereocenters. The Labute approximate surface area is 121 Å². The van der Waals surface area contributed by atoms with Crippen molar-refractivity contribution >= 4 is 0 Å². The van der Waals surface area contributed by atoms with Crippen LogP contribution in [0.5, 0.6) is 0 Å². The topological polar surface area (TPSA) is 24.5 Å². The quantitative estimate of drug-likeness (QED) is 0.626. The smallest absolute Gasteiger partial charge is 0.0589 e. The zero-order valence-electron chi connectivity index (χ0n) is 14.3. The van der Waals surface area contributed by atoms with Crippen LogP contribution < -0.4 is 5.32 Å². The van der Waals surface area contributed by atoms with Crippen LogP contribution >= 0.6 is 0 Å². The molecule has 0 saturated heterocycles. The molecule has 0 spiro atoms. The summed E-state index contributed by atoms with van der Waals surface area (Å²) in [5, 5.41) is 3.62. The Balaban J connectivity index is 4.36. The molecule has 0 aromatic heterocycles. The fourth-order valence-electron chi connectivity index (χ4n) is 2.17. The number of ether oxygens (including phenoxy) is 1. The average Bonchev–Trinajstić information content (AvgIpc) is 2.33. The SMILES string of the molecule is CCC(C)(CNCC(C)C)CN(CCOC)C(C)C. The van der Waals surface area contributed by atoms with Crippen molar-refractivity contribution in [2.75, 3.05) is 39.9 Å². The lowest BCUT2D eigenvalue weighted by Gasteiger charge is -2.37. The van der Waals surface area contributed by atoms with E-state index in [4.69, 9.17) is 4.74 Å². The van der Waals surface area contributed by atoms with E-state index in [1.165, 1.54) is 6.42 Å². The Morgan fingerprint density at radius 2 is 1.84 bits per heavy atom. The summed E-state index contributed by atoms with van der Waals surface area (Å²) in [6.07, 6.45) is 1.20. The van der Waals surface area contributed by atoms with Gasteiger partial charge in [0.25, 0.3) is 0 Å². The van der Waals surface area contributed by atoms with Gasteiger partial charge in [-0.15, -0.1) is 0 Å². The monoisotopic (exact) mass is 272 g/mol. The Morgan fingerprint density at radius 3 is 2.26 bits per heavy atom. The highest BCUT2D eigenvalue weighted by atomic mass is 16.5. The maximum Gasteiger partial charge on any atom is 0.0589 e. The van der Waals surface area contributed by atoms with E-state index in [1.54, 1.807) is 7.11 Å². The lowest BCUT2D eigenvalue weighted by atomic mass is 9.86. The van der Waals surface area contributed by atoms with E-state index < -0.39 is 0 Å². The molecule has 0 rings (SSSR count). The minimum Gasteiger partial charge on any atom is -0.383 e. The molecule has 116 valence electrons. The van der Waals surface area contributed by atoms with Crippen molar-refractivity contribution in [2.24, 2.45) is 11.3 Å². The zero-order valence-corrected chi connectivity index (χ0v) is 14.3. The highest BCUT2D eigenvalue weighted by molar-refractivity contribution is 4.81. The largest absolute Gasteiger partial charge is 0.383 e. The standard InChI is InChI=1S/C16H36N2O/c1-8-16(6,12-17-11-14(2)3)13-18(15(4)5)9-10-19-7/h14-15,17H,8-13H2,1-7H3. The van der Waals surface area contributed by atoms with Gasteiger partial charge in [-0.2, -0.15) is 0 Å². The molecule has 0 saturated carbocycles. The summed E-state index contributed by atoms with van der Waals surface area (Å²) in [6.45, 7) is 18.9. The molecule has 3 nitrogen and oxygen atoms in total. The van der Waals surface area contributed by atoms with Crippen LogP contribution in [0.3, 0.4) is 0 Å². The van der Waals surface area contributed by atoms with E-state index in [1.807, 2.05) is 0 Å². The predicted octanol–water partition coefficient (Wildman–Crippen LogP) is 3.01. The Bertz CT molecular complexity index is 219. The second-order valence-electron chi connectivity index (χ2n) is 6.75. The highest BCUT2D eigenvalue weighted by Crippen LogP contribution is 2.22. The third kappa shape index (κ3) is 8.61. The molecule has 19 heavy (non-hydrogen) atoms. The Hall–Kier alpha value is -0.120. The molecule has 0 radical (unpaired) electrons. The molecule has 0 aliphatic carbocycles. The summed E-state index contributed by atoms with van der Waals surface area (Å²) in [4.78, 5) is 2.53. The average molecular weight is 272 g/mol. The minimum atomic E-state index is 0.340. The molecule has 0 bridgehead atoms. The van der Waals surface area contributed by atoms with Gasteiger partial charge in [0.2, 0.25) is 0 Å². The third-order valence-corrected chi connectivity index (χ3v) is 3.86. The fraction of sp³-hybridized carbons (Fsp3) is 1.00. The van der Waals surface area contributed by atoms with Gasteiger partial charge in [-0.25, -0.2) is 0 Å². The summed E-state index contributed by atoms with van der Waals surface area (Å²) >= 11 is 0. The highest BCUT2D eigenvalue weighted by Gasteiger charge is 2.26. The van der Waals surface area contributed by atoms with Crippen molar-refractivity contribution in [2.45, 2.75) is 54.0 Å². The van der Waals surface area contributed by atoms with Crippen LogP contribution in [0.25, 0.3) is 0 Å². The van der Waals surface area contributed by atoms with Gasteiger partial charge in [0.05, 0.1) is 6.61 Å². The van der Waals surface area contributed by atoms with E-state index in [2.05, 4.69) is 51.8 Å². The van der Waals surface area contributed by atoms with Crippen molar-refractivity contribution in [3.05, 3.63) is 0 Å². The maximum absolute atomic E-state index is 5.23. The van der Waals surface area contributed by atoms with Gasteiger partial charge in [0.15, 0.2) is 0 Å². The summed E-state index contributed by atoms with van der Waals surface area (Å²) in [6, 6.07) is 0.575. The molecule has 0 fully saturated rings. The summed E-state index contributed by atoms with van der Waals surface area (Å²) < 4.78 is 5.23. The molecule has 1 N–H and O–H groups in total. The van der Waals surface area contributed by atoms with Crippen LogP contribution in [0.1, 0.15) is 48.0 Å². The minimum absolute atomic E-state index is 0.340. The van der Waals surface area contributed by atoms with Crippen molar-refractivity contribution < 1.29 is 4.74 Å². The Morgan fingerprint density at radius 1 is 1.21 bits per heavy atom. The van der Waals surface area contributed by atoms with Gasteiger partial charge in [0.1, 0.15) is 0 Å². The molecule has 1 atom stereocenters. The molecule has 3 heteroatoms. The van der Waals surface area contributed by atoms with Gasteiger partial charge >= 0.3 is 0 Å². The molecule has 0 aromatic carbocycles. The van der Waals surface area contributed by atoms with Crippen LogP contribution in [0.15, 0.2) is 0 Å². The van der Waals surface area contributed by atoms with E-state index in [0.717, 1.165) is 38.7 Å². The number of methoxy groups -OCH3 is 1. The fourth-order valence-corrected chi connectivity index (χ4v) is 2.17. The first-order valence-electron chi connectivity index (χ1n) is 7.78. The molecule has 0 aliphatic heterocycles. The van der Waals surface area contributed by atoms with Gasteiger partial charge in [-0.3, -0.25) is 4.90 Å². The van der Waals surface area contributed by atoms with E-state index in [9.17, 15) is 0 Å². The summed E-state index contributed by atoms with van der Waals surface area (Å²) in [5.41, 5.74) is 0.340. The van der Waals surface area contributed by atoms with Crippen LogP contribution in [0.2, 0.25) is 0 Å². The molecular formula is C16H36N2O. The molecule has 0 aliphatic rings. The van der Waals surface area contributed by atoms with Crippen LogP contribution in [-0.4, -0.2) is 50.8 Å². The second kappa shape index (κ2) is 9.73. The van der Waals surface area contributed by atoms with E-state index in [-0.39, 0.29) is 0 Å². The van der Waals surface area contributed by atoms with Crippen molar-refractivity contribution in [1.29, 1.82) is 0 Å². The number of hydrogen-bond acceptors (Lipinski definition) is 3. The van der Waals surface area contributed by atoms with E-state index in [0.29, 0.717) is 11.5 Å². The van der Waals surface area contributed by atoms with Crippen LogP contribution in [0, 0.1) is 11.3 Å². The first-order chi connectivity index (χ1) is 8.84. The molecule has 0 amide bonds. The van der Waals surface area contributed by atoms with Crippen molar-refractivity contribution in [3.8, 4) is 0 Å². The molecule has 0 aromatic rings. The van der Waals surface area contributed by atoms with Crippen LogP contribution in [-0.2, 0) is 4.74 Å². The zero-order chi connectivity index (χ0) is 14.9. The Kier molecular flexibility index (Phi) is 9.67.